The number of benzene rings is 1. The van der Waals surface area contributed by atoms with Crippen molar-refractivity contribution in [3.63, 3.8) is 0 Å². The van der Waals surface area contributed by atoms with Crippen molar-refractivity contribution in [1.29, 1.82) is 0 Å². The zero-order chi connectivity index (χ0) is 20.8. The number of aromatic nitrogens is 2. The van der Waals surface area contributed by atoms with E-state index in [4.69, 9.17) is 5.14 Å². The quantitative estimate of drug-likeness (QED) is 0.758. The first-order valence-electron chi connectivity index (χ1n) is 9.48. The van der Waals surface area contributed by atoms with Gasteiger partial charge in [-0.15, -0.1) is 0 Å². The highest BCUT2D eigenvalue weighted by Gasteiger charge is 2.37. The summed E-state index contributed by atoms with van der Waals surface area (Å²) in [4.78, 5) is 14.8. The van der Waals surface area contributed by atoms with Gasteiger partial charge >= 0.3 is 6.18 Å². The van der Waals surface area contributed by atoms with Gasteiger partial charge in [-0.3, -0.25) is 14.6 Å². The van der Waals surface area contributed by atoms with Gasteiger partial charge in [0.2, 0.25) is 0 Å². The number of nitrogens with zero attached hydrogens (tertiary/aromatic N) is 4. The number of carbonyl (C=O) groups excluding carboxylic acids is 1. The summed E-state index contributed by atoms with van der Waals surface area (Å²) in [6, 6.07) is 4.67. The molecule has 4 rings (SSSR count). The molecule has 2 aliphatic heterocycles. The van der Waals surface area contributed by atoms with Gasteiger partial charge in [-0.2, -0.15) is 18.3 Å². The van der Waals surface area contributed by atoms with E-state index in [2.05, 4.69) is 9.40 Å². The Labute approximate surface area is 171 Å². The van der Waals surface area contributed by atoms with E-state index in [1.54, 1.807) is 15.8 Å². The summed E-state index contributed by atoms with van der Waals surface area (Å²) in [6.45, 7) is 3.99. The highest BCUT2D eigenvalue weighted by Crippen LogP contribution is 2.36. The molecule has 0 radical (unpaired) electrons. The van der Waals surface area contributed by atoms with Gasteiger partial charge < -0.3 is 4.90 Å². The predicted octanol–water partition coefficient (Wildman–Crippen LogP) is 3.82. The van der Waals surface area contributed by atoms with Crippen LogP contribution in [0.25, 0.3) is 0 Å². The molecule has 1 fully saturated rings. The summed E-state index contributed by atoms with van der Waals surface area (Å²) in [5.41, 5.74) is 1.19. The Morgan fingerprint density at radius 3 is 2.41 bits per heavy atom. The smallest absolute Gasteiger partial charge is 0.305 e. The van der Waals surface area contributed by atoms with E-state index in [0.29, 0.717) is 17.9 Å². The van der Waals surface area contributed by atoms with Crippen LogP contribution < -0.4 is 10.0 Å². The number of alkyl halides is 3. The summed E-state index contributed by atoms with van der Waals surface area (Å²) in [7, 11) is 0. The Morgan fingerprint density at radius 2 is 1.83 bits per heavy atom. The number of anilines is 1. The first kappa shape index (κ1) is 20.2. The molecule has 1 unspecified atom stereocenters. The van der Waals surface area contributed by atoms with Crippen molar-refractivity contribution >= 4 is 23.7 Å². The van der Waals surface area contributed by atoms with Gasteiger partial charge in [0, 0.05) is 43.0 Å². The lowest BCUT2D eigenvalue weighted by Gasteiger charge is -2.34. The van der Waals surface area contributed by atoms with Crippen molar-refractivity contribution in [2.24, 2.45) is 5.14 Å². The van der Waals surface area contributed by atoms with Gasteiger partial charge in [-0.05, 0) is 49.9 Å². The van der Waals surface area contributed by atoms with E-state index >= 15 is 0 Å². The number of hydrogen-bond acceptors (Lipinski definition) is 5. The fourth-order valence-electron chi connectivity index (χ4n) is 4.11. The first-order chi connectivity index (χ1) is 13.8. The van der Waals surface area contributed by atoms with Crippen molar-refractivity contribution in [2.45, 2.75) is 37.9 Å². The number of rotatable bonds is 3. The van der Waals surface area contributed by atoms with Crippen LogP contribution >= 0.6 is 12.1 Å². The second-order valence-electron chi connectivity index (χ2n) is 7.51. The normalized spacial score (nSPS) is 21.5. The summed E-state index contributed by atoms with van der Waals surface area (Å²) in [5, 5.41) is 10.1. The SMILES string of the molecule is CC1CN(c2ccc(C(F)(F)F)cc2)C(=O)c2c(C3CCN(SN)CC3)cnn21. The minimum absolute atomic E-state index is 0.0709. The number of amides is 1. The van der Waals surface area contributed by atoms with Crippen LogP contribution in [0, 0.1) is 0 Å². The molecular weight excluding hydrogens is 403 g/mol. The fourth-order valence-corrected chi connectivity index (χ4v) is 4.53. The molecule has 0 spiro atoms. The maximum absolute atomic E-state index is 13.3. The third kappa shape index (κ3) is 3.76. The molecule has 156 valence electrons. The fraction of sp³-hybridized carbons (Fsp3) is 0.474. The molecular formula is C19H22F3N5OS. The van der Waals surface area contributed by atoms with E-state index in [-0.39, 0.29) is 17.9 Å². The number of hydrogen-bond donors (Lipinski definition) is 1. The predicted molar refractivity (Wildman–Crippen MR) is 105 cm³/mol. The van der Waals surface area contributed by atoms with Crippen LogP contribution in [0.1, 0.15) is 53.3 Å². The highest BCUT2D eigenvalue weighted by atomic mass is 32.2. The van der Waals surface area contributed by atoms with Crippen molar-refractivity contribution in [3.05, 3.63) is 47.3 Å². The molecule has 29 heavy (non-hydrogen) atoms. The van der Waals surface area contributed by atoms with Gasteiger partial charge in [0.05, 0.1) is 17.8 Å². The topological polar surface area (TPSA) is 67.4 Å². The summed E-state index contributed by atoms with van der Waals surface area (Å²) >= 11 is 1.23. The standard InChI is InChI=1S/C19H22F3N5OS/c1-12-11-26(15-4-2-14(3-5-15)19(20,21)22)18(28)17-16(10-24-27(12)17)13-6-8-25(29-23)9-7-13/h2-5,10,12-13H,6-9,11,23H2,1H3. The zero-order valence-electron chi connectivity index (χ0n) is 15.9. The minimum Gasteiger partial charge on any atom is -0.305 e. The lowest BCUT2D eigenvalue weighted by Crippen LogP contribution is -2.43. The molecule has 0 aliphatic carbocycles. The number of halogens is 3. The van der Waals surface area contributed by atoms with Gasteiger partial charge in [0.15, 0.2) is 0 Å². The molecule has 1 amide bonds. The molecule has 6 nitrogen and oxygen atoms in total. The molecule has 1 saturated heterocycles. The molecule has 3 heterocycles. The molecule has 2 aliphatic rings. The molecule has 0 bridgehead atoms. The molecule has 2 N–H and O–H groups in total. The number of carbonyl (C=O) groups is 1. The summed E-state index contributed by atoms with van der Waals surface area (Å²) < 4.78 is 42.4. The van der Waals surface area contributed by atoms with Gasteiger partial charge in [0.1, 0.15) is 5.69 Å². The summed E-state index contributed by atoms with van der Waals surface area (Å²) in [6.07, 6.45) is -0.869. The Kier molecular flexibility index (Phi) is 5.34. The van der Waals surface area contributed by atoms with Gasteiger partial charge in [-0.25, -0.2) is 4.31 Å². The van der Waals surface area contributed by atoms with E-state index in [1.807, 2.05) is 6.92 Å². The Hall–Kier alpha value is -2.04. The second-order valence-corrected chi connectivity index (χ2v) is 8.24. The Morgan fingerprint density at radius 1 is 1.17 bits per heavy atom. The monoisotopic (exact) mass is 425 g/mol. The average Bonchev–Trinajstić information content (AvgIpc) is 3.16. The van der Waals surface area contributed by atoms with Crippen LogP contribution in [-0.2, 0) is 6.18 Å². The molecule has 2 aromatic rings. The number of nitrogens with two attached hydrogens (primary N) is 1. The average molecular weight is 425 g/mol. The highest BCUT2D eigenvalue weighted by molar-refractivity contribution is 7.94. The maximum atomic E-state index is 13.3. The first-order valence-corrected chi connectivity index (χ1v) is 10.3. The minimum atomic E-state index is -4.40. The van der Waals surface area contributed by atoms with Crippen LogP contribution in [0.5, 0.6) is 0 Å². The Balaban J connectivity index is 1.62. The van der Waals surface area contributed by atoms with E-state index in [9.17, 15) is 18.0 Å². The van der Waals surface area contributed by atoms with Crippen LogP contribution in [0.2, 0.25) is 0 Å². The lowest BCUT2D eigenvalue weighted by molar-refractivity contribution is -0.137. The largest absolute Gasteiger partial charge is 0.416 e. The van der Waals surface area contributed by atoms with Crippen LogP contribution in [0.15, 0.2) is 30.5 Å². The molecule has 0 saturated carbocycles. The van der Waals surface area contributed by atoms with E-state index in [1.165, 1.54) is 24.3 Å². The third-order valence-corrected chi connectivity index (χ3v) is 6.35. The van der Waals surface area contributed by atoms with Crippen molar-refractivity contribution in [3.8, 4) is 0 Å². The maximum Gasteiger partial charge on any atom is 0.416 e. The molecule has 1 aromatic heterocycles. The van der Waals surface area contributed by atoms with Crippen LogP contribution in [-0.4, -0.2) is 39.6 Å². The van der Waals surface area contributed by atoms with Gasteiger partial charge in [-0.1, -0.05) is 0 Å². The molecule has 1 aromatic carbocycles. The molecule has 10 heteroatoms. The van der Waals surface area contributed by atoms with E-state index in [0.717, 1.165) is 43.6 Å². The summed E-state index contributed by atoms with van der Waals surface area (Å²) in [5.74, 6) is -0.00292. The lowest BCUT2D eigenvalue weighted by atomic mass is 9.89. The third-order valence-electron chi connectivity index (χ3n) is 5.68. The molecule has 1 atom stereocenters. The zero-order valence-corrected chi connectivity index (χ0v) is 16.7. The van der Waals surface area contributed by atoms with Crippen LogP contribution in [0.4, 0.5) is 18.9 Å². The van der Waals surface area contributed by atoms with Crippen LogP contribution in [0.3, 0.4) is 0 Å². The Bertz CT molecular complexity index is 890. The second kappa shape index (κ2) is 7.66. The van der Waals surface area contributed by atoms with Gasteiger partial charge in [0.25, 0.3) is 5.91 Å². The van der Waals surface area contributed by atoms with Crippen molar-refractivity contribution in [2.75, 3.05) is 24.5 Å². The number of piperidine rings is 1. The van der Waals surface area contributed by atoms with Crippen molar-refractivity contribution < 1.29 is 18.0 Å². The van der Waals surface area contributed by atoms with Crippen molar-refractivity contribution in [1.82, 2.24) is 14.1 Å². The van der Waals surface area contributed by atoms with E-state index < -0.39 is 11.7 Å². The number of fused-ring (bicyclic) bond motifs is 1.